The number of oxime groups is 1. The molecule has 3 N–H and O–H groups in total. The fourth-order valence-electron chi connectivity index (χ4n) is 1.29. The summed E-state index contributed by atoms with van der Waals surface area (Å²) in [4.78, 5) is 1.89. The highest BCUT2D eigenvalue weighted by Gasteiger charge is 2.29. The van der Waals surface area contributed by atoms with Crippen LogP contribution in [0.2, 0.25) is 0 Å². The highest BCUT2D eigenvalue weighted by molar-refractivity contribution is 7.92. The first-order chi connectivity index (χ1) is 8.01. The predicted molar refractivity (Wildman–Crippen MR) is 73.7 cm³/mol. The number of sulfone groups is 1. The van der Waals surface area contributed by atoms with Crippen molar-refractivity contribution in [1.82, 2.24) is 4.90 Å². The van der Waals surface area contributed by atoms with Crippen molar-refractivity contribution >= 4 is 15.7 Å². The van der Waals surface area contributed by atoms with E-state index in [4.69, 9.17) is 10.9 Å². The van der Waals surface area contributed by atoms with Crippen molar-refractivity contribution in [1.29, 1.82) is 0 Å². The number of hydrogen-bond acceptors (Lipinski definition) is 5. The Morgan fingerprint density at radius 3 is 2.33 bits per heavy atom. The molecule has 0 heterocycles. The first-order valence-corrected chi connectivity index (χ1v) is 7.55. The standard InChI is InChI=1S/C11H25N3O3S/c1-9(8-10(12)13-15)14(5)6-7-18(16,17)11(2,3)4/h9,15H,6-8H2,1-5H3,(H2,12,13). The zero-order valence-electron chi connectivity index (χ0n) is 11.8. The van der Waals surface area contributed by atoms with Crippen molar-refractivity contribution in [3.63, 3.8) is 0 Å². The first kappa shape index (κ1) is 17.2. The lowest BCUT2D eigenvalue weighted by Crippen LogP contribution is -2.39. The van der Waals surface area contributed by atoms with Gasteiger partial charge in [-0.2, -0.15) is 0 Å². The lowest BCUT2D eigenvalue weighted by Gasteiger charge is -2.26. The molecule has 0 bridgehead atoms. The summed E-state index contributed by atoms with van der Waals surface area (Å²) in [5.41, 5.74) is 5.42. The third-order valence-corrected chi connectivity index (χ3v) is 5.62. The third kappa shape index (κ3) is 5.22. The Bertz CT molecular complexity index is 385. The van der Waals surface area contributed by atoms with Crippen molar-refractivity contribution in [3.8, 4) is 0 Å². The molecule has 18 heavy (non-hydrogen) atoms. The molecule has 0 aromatic rings. The maximum atomic E-state index is 11.9. The molecular weight excluding hydrogens is 254 g/mol. The Kier molecular flexibility index (Phi) is 6.09. The predicted octanol–water partition coefficient (Wildman–Crippen LogP) is 0.657. The number of amidine groups is 1. The second-order valence-electron chi connectivity index (χ2n) is 5.56. The van der Waals surface area contributed by atoms with Gasteiger partial charge in [-0.25, -0.2) is 8.42 Å². The molecule has 1 atom stereocenters. The minimum absolute atomic E-state index is 0.0241. The molecule has 6 nitrogen and oxygen atoms in total. The summed E-state index contributed by atoms with van der Waals surface area (Å²) >= 11 is 0. The van der Waals surface area contributed by atoms with Crippen LogP contribution in [0.5, 0.6) is 0 Å². The molecule has 0 rings (SSSR count). The largest absolute Gasteiger partial charge is 0.409 e. The van der Waals surface area contributed by atoms with E-state index in [0.717, 1.165) is 0 Å². The van der Waals surface area contributed by atoms with Crippen LogP contribution < -0.4 is 5.73 Å². The van der Waals surface area contributed by atoms with Gasteiger partial charge in [0.2, 0.25) is 0 Å². The Balaban J connectivity index is 4.40. The van der Waals surface area contributed by atoms with Gasteiger partial charge >= 0.3 is 0 Å². The third-order valence-electron chi connectivity index (χ3n) is 3.03. The van der Waals surface area contributed by atoms with E-state index in [2.05, 4.69) is 5.16 Å². The van der Waals surface area contributed by atoms with Gasteiger partial charge in [-0.3, -0.25) is 0 Å². The summed E-state index contributed by atoms with van der Waals surface area (Å²) in [6, 6.07) is 0.0241. The van der Waals surface area contributed by atoms with Gasteiger partial charge in [-0.05, 0) is 34.7 Å². The highest BCUT2D eigenvalue weighted by Crippen LogP contribution is 2.16. The van der Waals surface area contributed by atoms with E-state index in [1.807, 2.05) is 18.9 Å². The molecule has 1 unspecified atom stereocenters. The molecule has 7 heteroatoms. The molecule has 0 aliphatic rings. The number of hydrogen-bond donors (Lipinski definition) is 2. The molecule has 0 aliphatic carbocycles. The van der Waals surface area contributed by atoms with E-state index in [1.54, 1.807) is 20.8 Å². The SMILES string of the molecule is CC(CC(N)=NO)N(C)CCS(=O)(=O)C(C)(C)C. The molecule has 0 spiro atoms. The van der Waals surface area contributed by atoms with Crippen LogP contribution in [0.4, 0.5) is 0 Å². The van der Waals surface area contributed by atoms with Gasteiger partial charge in [0.05, 0.1) is 10.5 Å². The summed E-state index contributed by atoms with van der Waals surface area (Å²) in [6.07, 6.45) is 0.405. The Hall–Kier alpha value is -0.820. The molecule has 0 fully saturated rings. The van der Waals surface area contributed by atoms with Crippen LogP contribution in [0.15, 0.2) is 5.16 Å². The lowest BCUT2D eigenvalue weighted by atomic mass is 10.2. The van der Waals surface area contributed by atoms with Crippen LogP contribution in [-0.4, -0.2) is 54.5 Å². The quantitative estimate of drug-likeness (QED) is 0.322. The summed E-state index contributed by atoms with van der Waals surface area (Å²) in [7, 11) is -1.29. The van der Waals surface area contributed by atoms with Crippen LogP contribution in [0.3, 0.4) is 0 Å². The van der Waals surface area contributed by atoms with Crippen molar-refractivity contribution in [3.05, 3.63) is 0 Å². The fourth-order valence-corrected chi connectivity index (χ4v) is 2.43. The summed E-state index contributed by atoms with van der Waals surface area (Å²) in [5, 5.41) is 11.4. The lowest BCUT2D eigenvalue weighted by molar-refractivity contribution is 0.271. The van der Waals surface area contributed by atoms with E-state index in [1.165, 1.54) is 0 Å². The topological polar surface area (TPSA) is 96.0 Å². The Morgan fingerprint density at radius 1 is 1.44 bits per heavy atom. The minimum atomic E-state index is -3.11. The van der Waals surface area contributed by atoms with E-state index < -0.39 is 14.6 Å². The van der Waals surface area contributed by atoms with Gasteiger partial charge in [0.1, 0.15) is 5.84 Å². The van der Waals surface area contributed by atoms with Crippen LogP contribution in [0, 0.1) is 0 Å². The van der Waals surface area contributed by atoms with Gasteiger partial charge in [-0.15, -0.1) is 0 Å². The molecule has 0 radical (unpaired) electrons. The maximum Gasteiger partial charge on any atom is 0.156 e. The van der Waals surface area contributed by atoms with Crippen molar-refractivity contribution in [2.24, 2.45) is 10.9 Å². The second kappa shape index (κ2) is 6.38. The molecule has 108 valence electrons. The molecule has 0 saturated heterocycles. The highest BCUT2D eigenvalue weighted by atomic mass is 32.2. The average molecular weight is 279 g/mol. The van der Waals surface area contributed by atoms with Crippen LogP contribution in [-0.2, 0) is 9.84 Å². The fraction of sp³-hybridized carbons (Fsp3) is 0.909. The smallest absolute Gasteiger partial charge is 0.156 e. The molecule has 0 aromatic carbocycles. The monoisotopic (exact) mass is 279 g/mol. The minimum Gasteiger partial charge on any atom is -0.409 e. The Morgan fingerprint density at radius 2 is 1.94 bits per heavy atom. The van der Waals surface area contributed by atoms with E-state index in [9.17, 15) is 8.42 Å². The van der Waals surface area contributed by atoms with Crippen LogP contribution in [0.1, 0.15) is 34.1 Å². The van der Waals surface area contributed by atoms with Crippen molar-refractivity contribution in [2.45, 2.75) is 44.9 Å². The van der Waals surface area contributed by atoms with Gasteiger partial charge < -0.3 is 15.8 Å². The van der Waals surface area contributed by atoms with E-state index >= 15 is 0 Å². The van der Waals surface area contributed by atoms with Crippen molar-refractivity contribution < 1.29 is 13.6 Å². The zero-order chi connectivity index (χ0) is 14.6. The first-order valence-electron chi connectivity index (χ1n) is 5.90. The normalized spacial score (nSPS) is 16.0. The van der Waals surface area contributed by atoms with Crippen molar-refractivity contribution in [2.75, 3.05) is 19.3 Å². The molecule has 0 aromatic heterocycles. The van der Waals surface area contributed by atoms with Gasteiger partial charge in [-0.1, -0.05) is 5.16 Å². The van der Waals surface area contributed by atoms with Crippen LogP contribution in [0.25, 0.3) is 0 Å². The van der Waals surface area contributed by atoms with Gasteiger partial charge in [0.15, 0.2) is 9.84 Å². The zero-order valence-corrected chi connectivity index (χ0v) is 12.7. The molecule has 0 aliphatic heterocycles. The summed E-state index contributed by atoms with van der Waals surface area (Å²) in [5.74, 6) is 0.251. The van der Waals surface area contributed by atoms with E-state index in [-0.39, 0.29) is 17.6 Å². The summed E-state index contributed by atoms with van der Waals surface area (Å²) < 4.78 is 23.2. The number of rotatable bonds is 6. The second-order valence-corrected chi connectivity index (χ2v) is 8.42. The molecule has 0 amide bonds. The number of nitrogens with zero attached hydrogens (tertiary/aromatic N) is 2. The molecular formula is C11H25N3O3S. The van der Waals surface area contributed by atoms with Gasteiger partial charge in [0, 0.05) is 19.0 Å². The molecule has 0 saturated carbocycles. The number of nitrogens with two attached hydrogens (primary N) is 1. The Labute approximate surface area is 110 Å². The van der Waals surface area contributed by atoms with E-state index in [0.29, 0.717) is 13.0 Å². The van der Waals surface area contributed by atoms with Gasteiger partial charge in [0.25, 0.3) is 0 Å². The average Bonchev–Trinajstić information content (AvgIpc) is 2.23. The summed E-state index contributed by atoms with van der Waals surface area (Å²) in [6.45, 7) is 7.42. The van der Waals surface area contributed by atoms with Crippen LogP contribution >= 0.6 is 0 Å². The maximum absolute atomic E-state index is 11.9.